The van der Waals surface area contributed by atoms with Gasteiger partial charge in [0, 0.05) is 29.1 Å². The van der Waals surface area contributed by atoms with E-state index in [2.05, 4.69) is 25.0 Å². The van der Waals surface area contributed by atoms with Crippen molar-refractivity contribution in [2.75, 3.05) is 20.3 Å². The molecular weight excluding hydrogens is 564 g/mol. The molecule has 0 unspecified atom stereocenters. The van der Waals surface area contributed by atoms with Crippen LogP contribution in [0, 0.1) is 0 Å². The van der Waals surface area contributed by atoms with Crippen LogP contribution in [0.25, 0.3) is 39.4 Å². The summed E-state index contributed by atoms with van der Waals surface area (Å²) in [7, 11) is 1.36. The second kappa shape index (κ2) is 10.8. The Hall–Kier alpha value is -4.36. The number of hydrogen-bond acceptors (Lipinski definition) is 10. The third-order valence-electron chi connectivity index (χ3n) is 7.34. The highest BCUT2D eigenvalue weighted by Gasteiger charge is 2.48. The molecule has 4 atom stereocenters. The topological polar surface area (TPSA) is 146 Å². The Kier molecular flexibility index (Phi) is 6.82. The average Bonchev–Trinajstić information content (AvgIpc) is 3.80. The van der Waals surface area contributed by atoms with Gasteiger partial charge in [-0.2, -0.15) is 10.1 Å². The number of H-pyrrole nitrogens is 1. The summed E-state index contributed by atoms with van der Waals surface area (Å²) in [6, 6.07) is 13.7. The van der Waals surface area contributed by atoms with Crippen LogP contribution in [0.3, 0.4) is 0 Å². The minimum Gasteiger partial charge on any atom is -0.469 e. The van der Waals surface area contributed by atoms with Crippen LogP contribution in [0.1, 0.15) is 5.56 Å². The third-order valence-corrected chi connectivity index (χ3v) is 7.62. The lowest BCUT2D eigenvalue weighted by Gasteiger charge is -2.15. The van der Waals surface area contributed by atoms with Crippen molar-refractivity contribution >= 4 is 28.7 Å². The summed E-state index contributed by atoms with van der Waals surface area (Å²) in [5.74, 6) is 0.307. The van der Waals surface area contributed by atoms with Gasteiger partial charge < -0.3 is 29.0 Å². The molecule has 0 spiro atoms. The predicted molar refractivity (Wildman–Crippen MR) is 150 cm³/mol. The van der Waals surface area contributed by atoms with Gasteiger partial charge in [0.15, 0.2) is 17.6 Å². The van der Waals surface area contributed by atoms with E-state index in [1.807, 2.05) is 36.4 Å². The number of aromatic nitrogens is 6. The Morgan fingerprint density at radius 3 is 2.64 bits per heavy atom. The molecule has 2 N–H and O–H groups in total. The summed E-state index contributed by atoms with van der Waals surface area (Å²) in [5, 5.41) is 14.7. The summed E-state index contributed by atoms with van der Waals surface area (Å²) >= 11 is 6.61. The van der Waals surface area contributed by atoms with Gasteiger partial charge in [0.2, 0.25) is 0 Å². The van der Waals surface area contributed by atoms with Crippen molar-refractivity contribution in [3.63, 3.8) is 0 Å². The number of halogens is 1. The number of methoxy groups -OCH3 is 1. The van der Waals surface area contributed by atoms with E-state index in [1.54, 1.807) is 29.3 Å². The molecule has 2 saturated heterocycles. The minimum absolute atomic E-state index is 0.153. The lowest BCUT2D eigenvalue weighted by Crippen LogP contribution is -2.34. The zero-order valence-electron chi connectivity index (χ0n) is 22.3. The number of aliphatic hydroxyl groups excluding tert-OH is 1. The molecule has 0 amide bonds. The first-order valence-corrected chi connectivity index (χ1v) is 13.6. The van der Waals surface area contributed by atoms with E-state index in [0.717, 1.165) is 22.3 Å². The maximum absolute atomic E-state index is 11.5. The van der Waals surface area contributed by atoms with Crippen LogP contribution in [-0.2, 0) is 25.4 Å². The molecule has 4 aromatic heterocycles. The Balaban J connectivity index is 1.06. The molecule has 13 heteroatoms. The number of aliphatic hydroxyl groups is 1. The molecule has 2 aliphatic rings. The van der Waals surface area contributed by atoms with Gasteiger partial charge in [0.1, 0.15) is 18.3 Å². The van der Waals surface area contributed by atoms with E-state index in [1.165, 1.54) is 7.11 Å². The number of carbonyl (C=O) groups is 1. The van der Waals surface area contributed by atoms with Crippen LogP contribution in [0.2, 0.25) is 5.02 Å². The van der Waals surface area contributed by atoms with E-state index in [-0.39, 0.29) is 43.3 Å². The zero-order chi connectivity index (χ0) is 28.8. The number of carbonyl (C=O) groups excluding carboxylic acids is 1. The zero-order valence-corrected chi connectivity index (χ0v) is 23.1. The van der Waals surface area contributed by atoms with Gasteiger partial charge in [-0.05, 0) is 23.8 Å². The highest BCUT2D eigenvalue weighted by atomic mass is 35.5. The SMILES string of the molecule is COC(=O)Cc1cnn(-c2ccc(-c3ccc(-c4nc5nc(O[C@@H]6CO[C@H]7[C@@H]6OC[C@H]7O)[nH]c5cc4Cl)cc3)cn2)c1. The number of nitrogens with one attached hydrogen (secondary N) is 1. The summed E-state index contributed by atoms with van der Waals surface area (Å²) in [5.41, 5.74) is 5.16. The molecule has 0 aliphatic carbocycles. The number of pyridine rings is 2. The Labute approximate surface area is 244 Å². The van der Waals surface area contributed by atoms with Gasteiger partial charge in [-0.25, -0.2) is 14.6 Å². The second-order valence-corrected chi connectivity index (χ2v) is 10.5. The molecule has 42 heavy (non-hydrogen) atoms. The summed E-state index contributed by atoms with van der Waals surface area (Å²) in [6.45, 7) is 0.525. The van der Waals surface area contributed by atoms with Crippen molar-refractivity contribution in [2.45, 2.75) is 30.8 Å². The number of aromatic amines is 1. The standard InChI is InChI=1S/C29H25ClN6O6/c1-39-24(38)8-15-10-32-36(12-15)23-7-6-18(11-31-23)16-2-4-17(5-3-16)25-19(30)9-20-28(34-25)35-29(33-20)42-22-14-41-26-21(37)13-40-27(22)26/h2-7,9-12,21-22,26-27,37H,8,13-14H2,1H3,(H,33,34,35)/t21-,22-,26-,27-/m1/s1. The van der Waals surface area contributed by atoms with E-state index in [4.69, 9.17) is 30.5 Å². The fraction of sp³-hybridized carbons (Fsp3) is 0.276. The van der Waals surface area contributed by atoms with Crippen LogP contribution < -0.4 is 4.74 Å². The van der Waals surface area contributed by atoms with Crippen molar-refractivity contribution in [3.05, 3.63) is 71.6 Å². The molecule has 6 heterocycles. The normalized spacial score (nSPS) is 21.5. The van der Waals surface area contributed by atoms with Gasteiger partial charge in [-0.3, -0.25) is 4.79 Å². The maximum atomic E-state index is 11.5. The van der Waals surface area contributed by atoms with Crippen LogP contribution in [0.5, 0.6) is 6.01 Å². The molecule has 0 radical (unpaired) electrons. The molecule has 12 nitrogen and oxygen atoms in total. The highest BCUT2D eigenvalue weighted by Crippen LogP contribution is 2.33. The quantitative estimate of drug-likeness (QED) is 0.272. The smallest absolute Gasteiger partial charge is 0.310 e. The van der Waals surface area contributed by atoms with Gasteiger partial charge in [0.25, 0.3) is 6.01 Å². The number of esters is 1. The summed E-state index contributed by atoms with van der Waals surface area (Å²) in [6.07, 6.45) is 3.52. The lowest BCUT2D eigenvalue weighted by molar-refractivity contribution is -0.139. The Morgan fingerprint density at radius 2 is 1.86 bits per heavy atom. The van der Waals surface area contributed by atoms with E-state index in [9.17, 15) is 9.90 Å². The molecule has 0 bridgehead atoms. The number of rotatable bonds is 7. The maximum Gasteiger partial charge on any atom is 0.310 e. The first kappa shape index (κ1) is 26.5. The van der Waals surface area contributed by atoms with Crippen molar-refractivity contribution in [1.29, 1.82) is 0 Å². The van der Waals surface area contributed by atoms with Crippen LogP contribution in [0.15, 0.2) is 61.1 Å². The second-order valence-electron chi connectivity index (χ2n) is 10.1. The molecular formula is C29H25ClN6O6. The first-order chi connectivity index (χ1) is 20.4. The molecule has 0 saturated carbocycles. The van der Waals surface area contributed by atoms with Gasteiger partial charge >= 0.3 is 5.97 Å². The summed E-state index contributed by atoms with van der Waals surface area (Å²) in [4.78, 5) is 28.3. The predicted octanol–water partition coefficient (Wildman–Crippen LogP) is 3.15. The van der Waals surface area contributed by atoms with Gasteiger partial charge in [-0.15, -0.1) is 0 Å². The molecule has 2 fully saturated rings. The third kappa shape index (κ3) is 4.98. The van der Waals surface area contributed by atoms with E-state index < -0.39 is 6.10 Å². The number of fused-ring (bicyclic) bond motifs is 2. The number of imidazole rings is 1. The van der Waals surface area contributed by atoms with Crippen LogP contribution in [0.4, 0.5) is 0 Å². The van der Waals surface area contributed by atoms with Gasteiger partial charge in [0.05, 0.1) is 49.2 Å². The van der Waals surface area contributed by atoms with Crippen molar-refractivity contribution in [2.24, 2.45) is 0 Å². The van der Waals surface area contributed by atoms with Crippen LogP contribution >= 0.6 is 11.6 Å². The summed E-state index contributed by atoms with van der Waals surface area (Å²) < 4.78 is 23.6. The van der Waals surface area contributed by atoms with Crippen molar-refractivity contribution in [1.82, 2.24) is 29.7 Å². The molecule has 7 rings (SSSR count). The largest absolute Gasteiger partial charge is 0.469 e. The highest BCUT2D eigenvalue weighted by molar-refractivity contribution is 6.33. The average molecular weight is 589 g/mol. The first-order valence-electron chi connectivity index (χ1n) is 13.3. The monoisotopic (exact) mass is 588 g/mol. The number of hydrogen-bond donors (Lipinski definition) is 2. The number of nitrogens with zero attached hydrogens (tertiary/aromatic N) is 5. The van der Waals surface area contributed by atoms with Gasteiger partial charge in [-0.1, -0.05) is 35.9 Å². The van der Waals surface area contributed by atoms with E-state index in [0.29, 0.717) is 34.3 Å². The van der Waals surface area contributed by atoms with E-state index >= 15 is 0 Å². The molecule has 214 valence electrons. The van der Waals surface area contributed by atoms with Crippen LogP contribution in [-0.4, -0.2) is 85.5 Å². The number of benzene rings is 1. The number of ether oxygens (including phenoxy) is 4. The molecule has 5 aromatic rings. The van der Waals surface area contributed by atoms with Crippen molar-refractivity contribution in [3.8, 4) is 34.2 Å². The lowest BCUT2D eigenvalue weighted by atomic mass is 10.0. The Bertz CT molecular complexity index is 1760. The molecule has 1 aromatic carbocycles. The fourth-order valence-electron chi connectivity index (χ4n) is 5.17. The fourth-order valence-corrected chi connectivity index (χ4v) is 5.43. The minimum atomic E-state index is -0.652. The molecule has 2 aliphatic heterocycles. The van der Waals surface area contributed by atoms with Crippen molar-refractivity contribution < 1.29 is 28.8 Å². The Morgan fingerprint density at radius 1 is 1.07 bits per heavy atom.